The average Bonchev–Trinajstić information content (AvgIpc) is 3.36. The first kappa shape index (κ1) is 21.5. The third-order valence-corrected chi connectivity index (χ3v) is 9.17. The van der Waals surface area contributed by atoms with Gasteiger partial charge in [-0.1, -0.05) is 19.3 Å². The largest absolute Gasteiger partial charge is 0.339 e. The predicted molar refractivity (Wildman–Crippen MR) is 128 cm³/mol. The van der Waals surface area contributed by atoms with E-state index in [2.05, 4.69) is 14.9 Å². The first-order valence-electron chi connectivity index (χ1n) is 11.8. The highest BCUT2D eigenvalue weighted by molar-refractivity contribution is 7.99. The van der Waals surface area contributed by atoms with Gasteiger partial charge < -0.3 is 9.88 Å². The number of amides is 1. The van der Waals surface area contributed by atoms with E-state index in [1.54, 1.807) is 23.1 Å². The lowest BCUT2D eigenvalue weighted by molar-refractivity contribution is -0.130. The molecule has 2 aromatic heterocycles. The Kier molecular flexibility index (Phi) is 6.67. The van der Waals surface area contributed by atoms with Gasteiger partial charge in [0, 0.05) is 37.6 Å². The van der Waals surface area contributed by atoms with Crippen LogP contribution in [0.3, 0.4) is 0 Å². The fourth-order valence-corrected chi connectivity index (χ4v) is 7.43. The van der Waals surface area contributed by atoms with E-state index in [1.165, 1.54) is 49.1 Å². The molecule has 168 valence electrons. The van der Waals surface area contributed by atoms with Crippen LogP contribution in [0.2, 0.25) is 0 Å². The number of carbonyl (C=O) groups excluding carboxylic acids is 1. The van der Waals surface area contributed by atoms with Crippen LogP contribution in [0, 0.1) is 5.92 Å². The van der Waals surface area contributed by atoms with Crippen molar-refractivity contribution in [1.29, 1.82) is 0 Å². The van der Waals surface area contributed by atoms with E-state index in [-0.39, 0.29) is 11.5 Å². The van der Waals surface area contributed by atoms with Crippen LogP contribution in [0.1, 0.15) is 54.8 Å². The number of aromatic nitrogens is 2. The predicted octanol–water partition coefficient (Wildman–Crippen LogP) is 3.43. The van der Waals surface area contributed by atoms with E-state index in [0.717, 1.165) is 61.6 Å². The average molecular weight is 461 g/mol. The number of carbonyl (C=O) groups is 1. The lowest BCUT2D eigenvalue weighted by atomic mass is 9.89. The molecule has 3 aliphatic rings. The summed E-state index contributed by atoms with van der Waals surface area (Å²) in [5.74, 6) is 2.78. The first-order valence-corrected chi connectivity index (χ1v) is 13.8. The molecule has 1 aliphatic heterocycles. The van der Waals surface area contributed by atoms with Gasteiger partial charge in [-0.05, 0) is 43.6 Å². The van der Waals surface area contributed by atoms with Gasteiger partial charge in [-0.3, -0.25) is 14.5 Å². The summed E-state index contributed by atoms with van der Waals surface area (Å²) in [5.41, 5.74) is 1.20. The second-order valence-corrected chi connectivity index (χ2v) is 11.3. The Hall–Kier alpha value is -1.38. The van der Waals surface area contributed by atoms with E-state index < -0.39 is 0 Å². The van der Waals surface area contributed by atoms with Crippen LogP contribution < -0.4 is 5.56 Å². The summed E-state index contributed by atoms with van der Waals surface area (Å²) in [5, 5.41) is 0.799. The van der Waals surface area contributed by atoms with Crippen molar-refractivity contribution in [2.75, 3.05) is 38.5 Å². The molecule has 2 aromatic rings. The first-order chi connectivity index (χ1) is 15.2. The van der Waals surface area contributed by atoms with Crippen molar-refractivity contribution < 1.29 is 4.79 Å². The molecule has 31 heavy (non-hydrogen) atoms. The zero-order valence-electron chi connectivity index (χ0n) is 18.2. The summed E-state index contributed by atoms with van der Waals surface area (Å²) in [7, 11) is 0. The van der Waals surface area contributed by atoms with Crippen LogP contribution in [-0.4, -0.2) is 64.2 Å². The number of hydrogen-bond donors (Lipinski definition) is 1. The fraction of sp³-hybridized carbons (Fsp3) is 0.696. The molecule has 1 N–H and O–H groups in total. The van der Waals surface area contributed by atoms with Gasteiger partial charge in [0.2, 0.25) is 5.91 Å². The molecule has 0 radical (unpaired) electrons. The van der Waals surface area contributed by atoms with Crippen LogP contribution in [0.25, 0.3) is 10.2 Å². The molecule has 3 heterocycles. The molecule has 1 amide bonds. The molecule has 2 fully saturated rings. The lowest BCUT2D eigenvalue weighted by Gasteiger charge is -2.37. The summed E-state index contributed by atoms with van der Waals surface area (Å²) < 4.78 is 0. The molecule has 2 aliphatic carbocycles. The Morgan fingerprint density at radius 2 is 1.90 bits per heavy atom. The number of fused-ring (bicyclic) bond motifs is 3. The number of thiophene rings is 1. The minimum absolute atomic E-state index is 0.0135. The van der Waals surface area contributed by atoms with Crippen molar-refractivity contribution in [2.24, 2.45) is 5.92 Å². The molecule has 5 rings (SSSR count). The van der Waals surface area contributed by atoms with Crippen molar-refractivity contribution in [3.05, 3.63) is 26.6 Å². The van der Waals surface area contributed by atoms with Crippen LogP contribution in [0.4, 0.5) is 0 Å². The van der Waals surface area contributed by atoms with Crippen molar-refractivity contribution in [3.8, 4) is 0 Å². The SMILES string of the molecule is O=C(CSCc1nc2sc3c(c2c(=O)[nH]1)CCC3)N1CCN(CC2CCCCC2)CC1. The number of hydrogen-bond acceptors (Lipinski definition) is 6. The van der Waals surface area contributed by atoms with E-state index in [4.69, 9.17) is 0 Å². The van der Waals surface area contributed by atoms with Gasteiger partial charge in [-0.2, -0.15) is 0 Å². The number of aromatic amines is 1. The van der Waals surface area contributed by atoms with Crippen LogP contribution in [-0.2, 0) is 23.4 Å². The summed E-state index contributed by atoms with van der Waals surface area (Å²) in [6.07, 6.45) is 10.2. The Balaban J connectivity index is 1.09. The van der Waals surface area contributed by atoms with E-state index >= 15 is 0 Å². The Labute approximate surface area is 191 Å². The molecule has 1 saturated carbocycles. The normalized spacial score (nSPS) is 20.5. The number of aryl methyl sites for hydroxylation is 2. The number of H-pyrrole nitrogens is 1. The second-order valence-electron chi connectivity index (χ2n) is 9.23. The third kappa shape index (κ3) is 4.86. The zero-order valence-corrected chi connectivity index (χ0v) is 19.8. The standard InChI is InChI=1S/C23H32N4O2S2/c28-20(27-11-9-26(10-12-27)13-16-5-2-1-3-6-16)15-30-14-19-24-22(29)21-17-7-4-8-18(17)31-23(21)25-19/h16H,1-15H2,(H,24,25,29). The van der Waals surface area contributed by atoms with E-state index in [1.807, 2.05) is 4.90 Å². The fourth-order valence-electron chi connectivity index (χ4n) is 5.36. The maximum atomic E-state index is 12.7. The molecule has 8 heteroatoms. The van der Waals surface area contributed by atoms with Crippen molar-refractivity contribution in [3.63, 3.8) is 0 Å². The number of thioether (sulfide) groups is 1. The van der Waals surface area contributed by atoms with Crippen LogP contribution in [0.5, 0.6) is 0 Å². The van der Waals surface area contributed by atoms with E-state index in [9.17, 15) is 9.59 Å². The number of nitrogens with zero attached hydrogens (tertiary/aromatic N) is 3. The molecule has 0 spiro atoms. The molecular weight excluding hydrogens is 428 g/mol. The van der Waals surface area contributed by atoms with Gasteiger partial charge in [0.05, 0.1) is 16.9 Å². The topological polar surface area (TPSA) is 69.3 Å². The minimum atomic E-state index is -0.0135. The number of nitrogens with one attached hydrogen (secondary N) is 1. The summed E-state index contributed by atoms with van der Waals surface area (Å²) >= 11 is 3.22. The monoisotopic (exact) mass is 460 g/mol. The highest BCUT2D eigenvalue weighted by Gasteiger charge is 2.24. The molecular formula is C23H32N4O2S2. The molecule has 0 unspecified atom stereocenters. The Morgan fingerprint density at radius 1 is 1.10 bits per heavy atom. The summed E-state index contributed by atoms with van der Waals surface area (Å²) in [4.78, 5) is 39.6. The molecule has 6 nitrogen and oxygen atoms in total. The van der Waals surface area contributed by atoms with Gasteiger partial charge >= 0.3 is 0 Å². The van der Waals surface area contributed by atoms with Gasteiger partial charge in [0.15, 0.2) is 0 Å². The van der Waals surface area contributed by atoms with Crippen molar-refractivity contribution >= 4 is 39.2 Å². The smallest absolute Gasteiger partial charge is 0.259 e. The second kappa shape index (κ2) is 9.63. The van der Waals surface area contributed by atoms with Crippen molar-refractivity contribution in [2.45, 2.75) is 57.1 Å². The number of piperazine rings is 1. The quantitative estimate of drug-likeness (QED) is 0.715. The van der Waals surface area contributed by atoms with Crippen LogP contribution in [0.15, 0.2) is 4.79 Å². The maximum Gasteiger partial charge on any atom is 0.259 e. The van der Waals surface area contributed by atoms with Crippen LogP contribution >= 0.6 is 23.1 Å². The van der Waals surface area contributed by atoms with Gasteiger partial charge in [0.1, 0.15) is 10.7 Å². The molecule has 0 bridgehead atoms. The van der Waals surface area contributed by atoms with E-state index in [0.29, 0.717) is 17.3 Å². The Bertz CT molecular complexity index is 987. The van der Waals surface area contributed by atoms with Gasteiger partial charge in [-0.15, -0.1) is 23.1 Å². The van der Waals surface area contributed by atoms with Gasteiger partial charge in [0.25, 0.3) is 5.56 Å². The number of rotatable bonds is 6. The summed E-state index contributed by atoms with van der Waals surface area (Å²) in [6.45, 7) is 4.90. The van der Waals surface area contributed by atoms with Crippen molar-refractivity contribution in [1.82, 2.24) is 19.8 Å². The summed E-state index contributed by atoms with van der Waals surface area (Å²) in [6, 6.07) is 0. The lowest BCUT2D eigenvalue weighted by Crippen LogP contribution is -2.50. The molecule has 0 atom stereocenters. The maximum absolute atomic E-state index is 12.7. The highest BCUT2D eigenvalue weighted by atomic mass is 32.2. The minimum Gasteiger partial charge on any atom is -0.339 e. The molecule has 0 aromatic carbocycles. The highest BCUT2D eigenvalue weighted by Crippen LogP contribution is 2.34. The Morgan fingerprint density at radius 3 is 2.71 bits per heavy atom. The molecule has 1 saturated heterocycles. The van der Waals surface area contributed by atoms with Gasteiger partial charge in [-0.25, -0.2) is 4.98 Å². The third-order valence-electron chi connectivity index (χ3n) is 7.05. The zero-order chi connectivity index (χ0) is 21.2.